The molecule has 0 bridgehead atoms. The van der Waals surface area contributed by atoms with Crippen LogP contribution in [0.1, 0.15) is 54.1 Å². The second kappa shape index (κ2) is 13.0. The number of ether oxygens (including phenoxy) is 2. The topological polar surface area (TPSA) is 97.2 Å². The average Bonchev–Trinajstić information content (AvgIpc) is 3.57. The average molecular weight is 650 g/mol. The van der Waals surface area contributed by atoms with Crippen LogP contribution in [0.25, 0.3) is 0 Å². The molecule has 2 aromatic carbocycles. The number of aromatic nitrogens is 2. The van der Waals surface area contributed by atoms with Gasteiger partial charge in [-0.2, -0.15) is 0 Å². The van der Waals surface area contributed by atoms with Crippen LogP contribution in [0.3, 0.4) is 0 Å². The van der Waals surface area contributed by atoms with Gasteiger partial charge in [0, 0.05) is 0 Å². The van der Waals surface area contributed by atoms with Crippen molar-refractivity contribution in [3.63, 3.8) is 0 Å². The Bertz CT molecular complexity index is 1460. The third kappa shape index (κ3) is 7.20. The van der Waals surface area contributed by atoms with Gasteiger partial charge in [-0.05, 0) is 0 Å². The van der Waals surface area contributed by atoms with Crippen LogP contribution in [0.15, 0.2) is 54.6 Å². The fourth-order valence-electron chi connectivity index (χ4n) is 5.23. The number of carbonyl (C=O) groups excluding carboxylic acids is 3. The number of likely N-dealkylation sites (N-methyl/N-ethyl adjacent to an activating group) is 1. The second-order valence-electron chi connectivity index (χ2n) is 12.3. The van der Waals surface area contributed by atoms with Crippen LogP contribution in [0.2, 0.25) is 0 Å². The van der Waals surface area contributed by atoms with Crippen LogP contribution < -0.4 is 9.38 Å². The fourth-order valence-corrected chi connectivity index (χ4v) is 7.43. The molecule has 10 nitrogen and oxygen atoms in total. The van der Waals surface area contributed by atoms with Crippen molar-refractivity contribution in [3.8, 4) is 0 Å². The molecule has 2 aliphatic rings. The van der Waals surface area contributed by atoms with E-state index in [1.807, 2.05) is 75.4 Å². The summed E-state index contributed by atoms with van der Waals surface area (Å²) in [5.41, 5.74) is 3.61. The minimum atomic E-state index is -1.43. The Hall–Kier alpha value is -3.46. The maximum absolute atomic E-state index is 13.6. The van der Waals surface area contributed by atoms with E-state index in [-0.39, 0.29) is 35.6 Å². The van der Waals surface area contributed by atoms with E-state index >= 15 is 0 Å². The van der Waals surface area contributed by atoms with Gasteiger partial charge in [-0.1, -0.05) is 0 Å². The monoisotopic (exact) mass is 649 g/mol. The van der Waals surface area contributed by atoms with Crippen molar-refractivity contribution in [1.29, 1.82) is 0 Å². The standard InChI is InChI=1S/C32H40AsN5O5/c1-32(2,3)21-43-31(41)38-26-20-37(30(40)27(42-5)22-9-7-6-8-10-22)19-25(26)28(34-38)33-29(39)23-11-13-24(14-12-23)36-17-15-35(4)16-18-36/h6-14,27,33H,15-21H2,1-5H3/t27-/m1/s1. The number of rotatable bonds is 8. The summed E-state index contributed by atoms with van der Waals surface area (Å²) < 4.78 is 13.0. The van der Waals surface area contributed by atoms with Gasteiger partial charge in [0.2, 0.25) is 0 Å². The molecular formula is C32H40AsN5O5. The Morgan fingerprint density at radius 1 is 0.953 bits per heavy atom. The molecule has 3 aromatic rings. The van der Waals surface area contributed by atoms with Crippen molar-refractivity contribution in [2.24, 2.45) is 5.41 Å². The number of methoxy groups -OCH3 is 1. The van der Waals surface area contributed by atoms with Gasteiger partial charge in [-0.3, -0.25) is 0 Å². The number of hydrogen-bond acceptors (Lipinski definition) is 8. The molecule has 0 spiro atoms. The van der Waals surface area contributed by atoms with E-state index < -0.39 is 27.9 Å². The number of fused-ring (bicyclic) bond motifs is 1. The first-order valence-electron chi connectivity index (χ1n) is 14.5. The van der Waals surface area contributed by atoms with Crippen LogP contribution in [0, 0.1) is 5.41 Å². The fraction of sp³-hybridized carbons (Fsp3) is 0.438. The summed E-state index contributed by atoms with van der Waals surface area (Å²) in [6.07, 6.45) is -1.38. The van der Waals surface area contributed by atoms with Gasteiger partial charge in [-0.25, -0.2) is 0 Å². The van der Waals surface area contributed by atoms with E-state index in [1.54, 1.807) is 4.90 Å². The van der Waals surface area contributed by atoms with E-state index in [4.69, 9.17) is 9.47 Å². The molecule has 43 heavy (non-hydrogen) atoms. The second-order valence-corrected chi connectivity index (χ2v) is 14.8. The quantitative estimate of drug-likeness (QED) is 0.344. The molecule has 1 amide bonds. The maximum atomic E-state index is 13.6. The molecular weight excluding hydrogens is 609 g/mol. The molecule has 1 saturated heterocycles. The van der Waals surface area contributed by atoms with Crippen LogP contribution in [-0.2, 0) is 27.4 Å². The van der Waals surface area contributed by atoms with Crippen molar-refractivity contribution in [3.05, 3.63) is 77.0 Å². The van der Waals surface area contributed by atoms with Crippen LogP contribution in [-0.4, -0.2) is 98.8 Å². The predicted molar refractivity (Wildman–Crippen MR) is 166 cm³/mol. The number of carbonyl (C=O) groups is 3. The van der Waals surface area contributed by atoms with Gasteiger partial charge in [0.05, 0.1) is 0 Å². The van der Waals surface area contributed by atoms with Gasteiger partial charge >= 0.3 is 260 Å². The van der Waals surface area contributed by atoms with Crippen molar-refractivity contribution in [2.45, 2.75) is 40.0 Å². The number of piperazine rings is 1. The first-order chi connectivity index (χ1) is 20.5. The summed E-state index contributed by atoms with van der Waals surface area (Å²) in [4.78, 5) is 46.6. The molecule has 1 unspecified atom stereocenters. The molecule has 11 heteroatoms. The van der Waals surface area contributed by atoms with Gasteiger partial charge < -0.3 is 0 Å². The third-order valence-electron chi connectivity index (χ3n) is 7.68. The molecule has 1 aromatic heterocycles. The molecule has 2 atom stereocenters. The molecule has 228 valence electrons. The van der Waals surface area contributed by atoms with Gasteiger partial charge in [0.15, 0.2) is 0 Å². The normalized spacial score (nSPS) is 16.5. The van der Waals surface area contributed by atoms with Crippen LogP contribution >= 0.6 is 0 Å². The van der Waals surface area contributed by atoms with E-state index in [0.29, 0.717) is 15.7 Å². The van der Waals surface area contributed by atoms with Gasteiger partial charge in [0.1, 0.15) is 0 Å². The zero-order valence-corrected chi connectivity index (χ0v) is 27.6. The molecule has 0 saturated carbocycles. The van der Waals surface area contributed by atoms with Crippen LogP contribution in [0.4, 0.5) is 10.5 Å². The molecule has 2 aliphatic heterocycles. The Balaban J connectivity index is 1.36. The van der Waals surface area contributed by atoms with Crippen molar-refractivity contribution in [1.82, 2.24) is 19.6 Å². The molecule has 0 aliphatic carbocycles. The van der Waals surface area contributed by atoms with Crippen LogP contribution in [0.5, 0.6) is 0 Å². The SMILES string of the molecule is CO[C@@H](C(=O)N1Cc2c([AsH]C(=O)c3ccc(N4CCN(C)CC4)cc3)nn(C(=O)OCC(C)(C)C)c2C1)c1ccccc1. The third-order valence-corrected chi connectivity index (χ3v) is 10.1. The predicted octanol–water partition coefficient (Wildman–Crippen LogP) is 2.80. The number of nitrogens with zero attached hydrogens (tertiary/aromatic N) is 5. The minimum absolute atomic E-state index is 0.0178. The summed E-state index contributed by atoms with van der Waals surface area (Å²) in [5, 5.41) is 4.61. The Labute approximate surface area is 259 Å². The summed E-state index contributed by atoms with van der Waals surface area (Å²) in [6, 6.07) is 17.1. The zero-order chi connectivity index (χ0) is 30.7. The van der Waals surface area contributed by atoms with Crippen molar-refractivity contribution in [2.75, 3.05) is 51.8 Å². The number of hydrogen-bond donors (Lipinski definition) is 0. The zero-order valence-electron chi connectivity index (χ0n) is 25.5. The van der Waals surface area contributed by atoms with Crippen molar-refractivity contribution < 1.29 is 23.9 Å². The summed E-state index contributed by atoms with van der Waals surface area (Å²) in [5.74, 6) is -0.212. The Kier molecular flexibility index (Phi) is 9.39. The first-order valence-corrected chi connectivity index (χ1v) is 16.6. The number of amides is 1. The molecule has 3 heterocycles. The number of anilines is 1. The Morgan fingerprint density at radius 3 is 2.26 bits per heavy atom. The van der Waals surface area contributed by atoms with E-state index in [1.165, 1.54) is 11.8 Å². The summed E-state index contributed by atoms with van der Waals surface area (Å²) in [7, 11) is 3.63. The van der Waals surface area contributed by atoms with E-state index in [2.05, 4.69) is 21.9 Å². The molecule has 0 radical (unpaired) electrons. The molecule has 5 rings (SSSR count). The first kappa shape index (κ1) is 31.0. The van der Waals surface area contributed by atoms with Gasteiger partial charge in [0.25, 0.3) is 0 Å². The summed E-state index contributed by atoms with van der Waals surface area (Å²) in [6.45, 7) is 10.5. The van der Waals surface area contributed by atoms with Crippen molar-refractivity contribution >= 4 is 42.5 Å². The molecule has 1 fully saturated rings. The van der Waals surface area contributed by atoms with Gasteiger partial charge in [-0.15, -0.1) is 0 Å². The van der Waals surface area contributed by atoms with E-state index in [0.717, 1.165) is 43.0 Å². The summed E-state index contributed by atoms with van der Waals surface area (Å²) >= 11 is -1.43. The molecule has 0 N–H and O–H groups in total. The number of benzene rings is 2. The van der Waals surface area contributed by atoms with E-state index in [9.17, 15) is 14.4 Å². The Morgan fingerprint density at radius 2 is 1.63 bits per heavy atom.